The first-order valence-electron chi connectivity index (χ1n) is 8.15. The maximum absolute atomic E-state index is 4.93. The van der Waals surface area contributed by atoms with Gasteiger partial charge in [0.2, 0.25) is 5.13 Å². The summed E-state index contributed by atoms with van der Waals surface area (Å²) >= 11 is 1.65. The van der Waals surface area contributed by atoms with Crippen LogP contribution in [0, 0.1) is 6.92 Å². The van der Waals surface area contributed by atoms with Crippen molar-refractivity contribution in [2.24, 2.45) is 0 Å². The lowest BCUT2D eigenvalue weighted by atomic mass is 10.0. The van der Waals surface area contributed by atoms with Crippen LogP contribution in [0.2, 0.25) is 0 Å². The highest BCUT2D eigenvalue weighted by Gasteiger charge is 2.23. The summed E-state index contributed by atoms with van der Waals surface area (Å²) in [6.45, 7) is 3.88. The fourth-order valence-corrected chi connectivity index (χ4v) is 3.87. The molecular formula is C18H21N5S. The van der Waals surface area contributed by atoms with Gasteiger partial charge in [-0.15, -0.1) is 11.3 Å². The summed E-state index contributed by atoms with van der Waals surface area (Å²) in [6, 6.07) is 8.60. The van der Waals surface area contributed by atoms with Crippen molar-refractivity contribution >= 4 is 17.0 Å². The summed E-state index contributed by atoms with van der Waals surface area (Å²) in [6.07, 6.45) is 0.983. The van der Waals surface area contributed by atoms with E-state index in [2.05, 4.69) is 58.9 Å². The summed E-state index contributed by atoms with van der Waals surface area (Å²) in [5.74, 6) is 0. The third-order valence-electron chi connectivity index (χ3n) is 4.38. The van der Waals surface area contributed by atoms with Crippen molar-refractivity contribution in [2.75, 3.05) is 25.5 Å². The van der Waals surface area contributed by atoms with Crippen molar-refractivity contribution in [1.29, 1.82) is 0 Å². The molecule has 1 aliphatic rings. The molecule has 3 aromatic rings. The van der Waals surface area contributed by atoms with Gasteiger partial charge in [0.1, 0.15) is 0 Å². The number of hydrogen-bond donors (Lipinski definition) is 1. The highest BCUT2D eigenvalue weighted by Crippen LogP contribution is 2.31. The molecule has 4 rings (SSSR count). The summed E-state index contributed by atoms with van der Waals surface area (Å²) in [5, 5.41) is 11.4. The van der Waals surface area contributed by atoms with Crippen LogP contribution < -0.4 is 10.2 Å². The Morgan fingerprint density at radius 1 is 1.21 bits per heavy atom. The molecule has 0 spiro atoms. The molecule has 0 saturated carbocycles. The zero-order chi connectivity index (χ0) is 16.7. The summed E-state index contributed by atoms with van der Waals surface area (Å²) < 4.78 is 2.04. The Bertz CT molecular complexity index is 860. The Kier molecular flexibility index (Phi) is 3.86. The molecule has 5 nitrogen and oxygen atoms in total. The minimum absolute atomic E-state index is 0.866. The molecule has 0 fully saturated rings. The molecular weight excluding hydrogens is 318 g/mol. The molecule has 0 aliphatic carbocycles. The van der Waals surface area contributed by atoms with Crippen LogP contribution in [0.5, 0.6) is 0 Å². The van der Waals surface area contributed by atoms with Gasteiger partial charge in [-0.3, -0.25) is 0 Å². The lowest BCUT2D eigenvalue weighted by Gasteiger charge is -2.15. The SMILES string of the molecule is Cc1csc(-n2nc(-c3ccc(N(C)C)cc3)c3c2CCNC3)n1. The van der Waals surface area contributed by atoms with E-state index in [4.69, 9.17) is 5.10 Å². The number of benzene rings is 1. The third kappa shape index (κ3) is 2.61. The smallest absolute Gasteiger partial charge is 0.210 e. The summed E-state index contributed by atoms with van der Waals surface area (Å²) in [5.41, 5.74) is 7.05. The molecule has 0 atom stereocenters. The zero-order valence-electron chi connectivity index (χ0n) is 14.2. The van der Waals surface area contributed by atoms with Gasteiger partial charge in [0, 0.05) is 55.8 Å². The van der Waals surface area contributed by atoms with Crippen LogP contribution in [0.25, 0.3) is 16.4 Å². The Morgan fingerprint density at radius 3 is 2.67 bits per heavy atom. The van der Waals surface area contributed by atoms with Crippen LogP contribution in [0.1, 0.15) is 17.0 Å². The van der Waals surface area contributed by atoms with Gasteiger partial charge in [0.25, 0.3) is 0 Å². The Balaban J connectivity index is 1.82. The Hall–Kier alpha value is -2.18. The number of nitrogens with one attached hydrogen (secondary N) is 1. The number of aromatic nitrogens is 3. The molecule has 3 heterocycles. The van der Waals surface area contributed by atoms with E-state index in [-0.39, 0.29) is 0 Å². The van der Waals surface area contributed by atoms with Gasteiger partial charge in [-0.25, -0.2) is 9.67 Å². The second-order valence-electron chi connectivity index (χ2n) is 6.33. The molecule has 6 heteroatoms. The number of fused-ring (bicyclic) bond motifs is 1. The van der Waals surface area contributed by atoms with Crippen molar-refractivity contribution < 1.29 is 0 Å². The molecule has 2 aromatic heterocycles. The predicted octanol–water partition coefficient (Wildman–Crippen LogP) is 3.02. The van der Waals surface area contributed by atoms with Gasteiger partial charge >= 0.3 is 0 Å². The topological polar surface area (TPSA) is 46.0 Å². The van der Waals surface area contributed by atoms with E-state index in [9.17, 15) is 0 Å². The van der Waals surface area contributed by atoms with E-state index in [0.29, 0.717) is 0 Å². The standard InChI is InChI=1S/C18H21N5S/c1-12-11-24-18(20-12)23-16-8-9-19-10-15(16)17(21-23)13-4-6-14(7-5-13)22(2)3/h4-7,11,19H,8-10H2,1-3H3. The molecule has 124 valence electrons. The number of hydrogen-bond acceptors (Lipinski definition) is 5. The normalized spacial score (nSPS) is 13.8. The third-order valence-corrected chi connectivity index (χ3v) is 5.31. The molecule has 1 aliphatic heterocycles. The molecule has 0 amide bonds. The van der Waals surface area contributed by atoms with Gasteiger partial charge < -0.3 is 10.2 Å². The second kappa shape index (κ2) is 6.03. The van der Waals surface area contributed by atoms with Crippen LogP contribution in [-0.2, 0) is 13.0 Å². The minimum Gasteiger partial charge on any atom is -0.378 e. The van der Waals surface area contributed by atoms with Gasteiger partial charge in [-0.2, -0.15) is 5.10 Å². The van der Waals surface area contributed by atoms with E-state index < -0.39 is 0 Å². The van der Waals surface area contributed by atoms with E-state index >= 15 is 0 Å². The van der Waals surface area contributed by atoms with E-state index in [1.165, 1.54) is 16.9 Å². The Morgan fingerprint density at radius 2 is 2.00 bits per heavy atom. The monoisotopic (exact) mass is 339 g/mol. The Labute approximate surface area is 146 Å². The fourth-order valence-electron chi connectivity index (χ4n) is 3.09. The largest absolute Gasteiger partial charge is 0.378 e. The number of rotatable bonds is 3. The number of aryl methyl sites for hydroxylation is 1. The molecule has 0 bridgehead atoms. The van der Waals surface area contributed by atoms with Gasteiger partial charge in [0.15, 0.2) is 0 Å². The lowest BCUT2D eigenvalue weighted by Crippen LogP contribution is -2.24. The summed E-state index contributed by atoms with van der Waals surface area (Å²) in [4.78, 5) is 6.73. The van der Waals surface area contributed by atoms with Crippen molar-refractivity contribution in [2.45, 2.75) is 19.9 Å². The van der Waals surface area contributed by atoms with Gasteiger partial charge in [0.05, 0.1) is 17.1 Å². The zero-order valence-corrected chi connectivity index (χ0v) is 15.0. The molecule has 24 heavy (non-hydrogen) atoms. The van der Waals surface area contributed by atoms with Crippen molar-refractivity contribution in [3.63, 3.8) is 0 Å². The molecule has 0 radical (unpaired) electrons. The molecule has 1 N–H and O–H groups in total. The highest BCUT2D eigenvalue weighted by molar-refractivity contribution is 7.12. The first-order chi connectivity index (χ1) is 11.6. The molecule has 0 saturated heterocycles. The average Bonchev–Trinajstić information content (AvgIpc) is 3.18. The van der Waals surface area contributed by atoms with Crippen molar-refractivity contribution in [1.82, 2.24) is 20.1 Å². The number of thiazole rings is 1. The molecule has 1 aromatic carbocycles. The fraction of sp³-hybridized carbons (Fsp3) is 0.333. The van der Waals surface area contributed by atoms with Gasteiger partial charge in [-0.1, -0.05) is 12.1 Å². The van der Waals surface area contributed by atoms with Crippen LogP contribution >= 0.6 is 11.3 Å². The van der Waals surface area contributed by atoms with E-state index in [0.717, 1.165) is 41.6 Å². The van der Waals surface area contributed by atoms with Gasteiger partial charge in [-0.05, 0) is 19.1 Å². The quantitative estimate of drug-likeness (QED) is 0.797. The van der Waals surface area contributed by atoms with Crippen LogP contribution in [0.3, 0.4) is 0 Å². The van der Waals surface area contributed by atoms with E-state index in [1.54, 1.807) is 11.3 Å². The number of anilines is 1. The number of nitrogens with zero attached hydrogens (tertiary/aromatic N) is 4. The highest BCUT2D eigenvalue weighted by atomic mass is 32.1. The van der Waals surface area contributed by atoms with Crippen LogP contribution in [-0.4, -0.2) is 35.4 Å². The first kappa shape index (κ1) is 15.4. The molecule has 0 unspecified atom stereocenters. The van der Waals surface area contributed by atoms with Crippen molar-refractivity contribution in [3.8, 4) is 16.4 Å². The minimum atomic E-state index is 0.866. The van der Waals surface area contributed by atoms with E-state index in [1.807, 2.05) is 11.6 Å². The average molecular weight is 339 g/mol. The predicted molar refractivity (Wildman–Crippen MR) is 99.1 cm³/mol. The van der Waals surface area contributed by atoms with Crippen LogP contribution in [0.4, 0.5) is 5.69 Å². The summed E-state index contributed by atoms with van der Waals surface area (Å²) in [7, 11) is 4.11. The maximum atomic E-state index is 4.93. The van der Waals surface area contributed by atoms with Crippen LogP contribution in [0.15, 0.2) is 29.6 Å². The first-order valence-corrected chi connectivity index (χ1v) is 9.03. The van der Waals surface area contributed by atoms with Crippen molar-refractivity contribution in [3.05, 3.63) is 46.6 Å². The lowest BCUT2D eigenvalue weighted by molar-refractivity contribution is 0.622. The maximum Gasteiger partial charge on any atom is 0.210 e. The second-order valence-corrected chi connectivity index (χ2v) is 7.16.